The van der Waals surface area contributed by atoms with Crippen molar-refractivity contribution >= 4 is 5.69 Å². The van der Waals surface area contributed by atoms with Gasteiger partial charge in [0.15, 0.2) is 0 Å². The van der Waals surface area contributed by atoms with Crippen LogP contribution >= 0.6 is 0 Å². The zero-order valence-electron chi connectivity index (χ0n) is 11.4. The van der Waals surface area contributed by atoms with E-state index in [2.05, 4.69) is 35.3 Å². The minimum atomic E-state index is 0.873. The first kappa shape index (κ1) is 12.0. The van der Waals surface area contributed by atoms with E-state index in [-0.39, 0.29) is 0 Å². The summed E-state index contributed by atoms with van der Waals surface area (Å²) in [5, 5.41) is 3.49. The molecule has 2 heterocycles. The number of nitrogens with zero attached hydrogens (tertiary/aromatic N) is 1. The predicted molar refractivity (Wildman–Crippen MR) is 76.9 cm³/mol. The van der Waals surface area contributed by atoms with Gasteiger partial charge < -0.3 is 5.32 Å². The van der Waals surface area contributed by atoms with Crippen molar-refractivity contribution in [1.82, 2.24) is 4.90 Å². The van der Waals surface area contributed by atoms with E-state index in [9.17, 15) is 0 Å². The molecule has 2 heteroatoms. The zero-order chi connectivity index (χ0) is 12.4. The fourth-order valence-corrected chi connectivity index (χ4v) is 3.32. The lowest BCUT2D eigenvalue weighted by atomic mass is 9.98. The van der Waals surface area contributed by atoms with Gasteiger partial charge >= 0.3 is 0 Å². The van der Waals surface area contributed by atoms with E-state index in [0.29, 0.717) is 0 Å². The molecule has 0 saturated carbocycles. The van der Waals surface area contributed by atoms with Crippen molar-refractivity contribution in [1.29, 1.82) is 0 Å². The Kier molecular flexibility index (Phi) is 3.55. The molecule has 1 aromatic rings. The summed E-state index contributed by atoms with van der Waals surface area (Å²) in [6.45, 7) is 7.20. The van der Waals surface area contributed by atoms with Crippen molar-refractivity contribution in [3.8, 4) is 0 Å². The lowest BCUT2D eigenvalue weighted by molar-refractivity contribution is 0.176. The molecule has 0 spiro atoms. The first-order valence-electron chi connectivity index (χ1n) is 7.39. The molecule has 98 valence electrons. The summed E-state index contributed by atoms with van der Waals surface area (Å²) in [5.74, 6) is 0.873. The zero-order valence-corrected chi connectivity index (χ0v) is 11.4. The molecule has 0 aliphatic carbocycles. The van der Waals surface area contributed by atoms with Gasteiger partial charge in [-0.3, -0.25) is 4.90 Å². The van der Waals surface area contributed by atoms with Gasteiger partial charge in [0.25, 0.3) is 0 Å². The second kappa shape index (κ2) is 5.31. The Bertz CT molecular complexity index is 414. The average Bonchev–Trinajstić information content (AvgIpc) is 2.39. The van der Waals surface area contributed by atoms with Gasteiger partial charge in [-0.15, -0.1) is 0 Å². The van der Waals surface area contributed by atoms with Gasteiger partial charge in [-0.1, -0.05) is 19.1 Å². The van der Waals surface area contributed by atoms with Gasteiger partial charge in [-0.25, -0.2) is 0 Å². The molecule has 2 nitrogen and oxygen atoms in total. The van der Waals surface area contributed by atoms with Gasteiger partial charge in [0, 0.05) is 25.3 Å². The number of piperidine rings is 1. The number of fused-ring (bicyclic) bond motifs is 1. The van der Waals surface area contributed by atoms with Crippen molar-refractivity contribution in [3.63, 3.8) is 0 Å². The Balaban J connectivity index is 1.69. The van der Waals surface area contributed by atoms with Crippen LogP contribution in [0.15, 0.2) is 18.2 Å². The highest BCUT2D eigenvalue weighted by atomic mass is 15.1. The SMILES string of the molecule is CC1CCCN(Cc2ccc3c(c2)CCCN3)C1. The van der Waals surface area contributed by atoms with Crippen LogP contribution in [-0.2, 0) is 13.0 Å². The van der Waals surface area contributed by atoms with Crippen LogP contribution in [-0.4, -0.2) is 24.5 Å². The Morgan fingerprint density at radius 2 is 2.28 bits per heavy atom. The average molecular weight is 244 g/mol. The van der Waals surface area contributed by atoms with E-state index < -0.39 is 0 Å². The van der Waals surface area contributed by atoms with E-state index >= 15 is 0 Å². The smallest absolute Gasteiger partial charge is 0.0372 e. The van der Waals surface area contributed by atoms with Crippen molar-refractivity contribution in [2.45, 2.75) is 39.2 Å². The van der Waals surface area contributed by atoms with E-state index in [1.54, 1.807) is 0 Å². The molecule has 2 aliphatic rings. The van der Waals surface area contributed by atoms with E-state index in [1.165, 1.54) is 55.6 Å². The summed E-state index contributed by atoms with van der Waals surface area (Å²) < 4.78 is 0. The Hall–Kier alpha value is -1.02. The molecule has 1 fully saturated rings. The van der Waals surface area contributed by atoms with Crippen LogP contribution < -0.4 is 5.32 Å². The largest absolute Gasteiger partial charge is 0.385 e. The third kappa shape index (κ3) is 2.69. The number of benzene rings is 1. The Labute approximate surface area is 110 Å². The van der Waals surface area contributed by atoms with Crippen molar-refractivity contribution in [2.75, 3.05) is 25.0 Å². The summed E-state index contributed by atoms with van der Waals surface area (Å²) in [5.41, 5.74) is 4.37. The second-order valence-electron chi connectivity index (χ2n) is 6.00. The van der Waals surface area contributed by atoms with Crippen LogP contribution in [0.1, 0.15) is 37.3 Å². The number of likely N-dealkylation sites (tertiary alicyclic amines) is 1. The maximum Gasteiger partial charge on any atom is 0.0372 e. The van der Waals surface area contributed by atoms with E-state index in [0.717, 1.165) is 19.0 Å². The molecule has 18 heavy (non-hydrogen) atoms. The molecule has 0 amide bonds. The maximum atomic E-state index is 3.49. The van der Waals surface area contributed by atoms with Crippen LogP contribution in [0, 0.1) is 5.92 Å². The third-order valence-corrected chi connectivity index (χ3v) is 4.26. The molecule has 1 saturated heterocycles. The molecule has 1 aromatic carbocycles. The van der Waals surface area contributed by atoms with E-state index in [4.69, 9.17) is 0 Å². The molecule has 2 aliphatic heterocycles. The summed E-state index contributed by atoms with van der Waals surface area (Å²) in [6.07, 6.45) is 5.29. The van der Waals surface area contributed by atoms with Gasteiger partial charge in [-0.05, 0) is 55.3 Å². The highest BCUT2D eigenvalue weighted by Crippen LogP contribution is 2.24. The molecule has 0 bridgehead atoms. The second-order valence-corrected chi connectivity index (χ2v) is 6.00. The van der Waals surface area contributed by atoms with Gasteiger partial charge in [0.05, 0.1) is 0 Å². The third-order valence-electron chi connectivity index (χ3n) is 4.26. The Morgan fingerprint density at radius 1 is 1.33 bits per heavy atom. The van der Waals surface area contributed by atoms with Crippen LogP contribution in [0.25, 0.3) is 0 Å². The molecule has 1 unspecified atom stereocenters. The Morgan fingerprint density at radius 3 is 3.17 bits per heavy atom. The number of anilines is 1. The fourth-order valence-electron chi connectivity index (χ4n) is 3.32. The first-order valence-corrected chi connectivity index (χ1v) is 7.39. The number of nitrogens with one attached hydrogen (secondary N) is 1. The molecule has 1 N–H and O–H groups in total. The highest BCUT2D eigenvalue weighted by Gasteiger charge is 2.17. The van der Waals surface area contributed by atoms with Crippen molar-refractivity contribution in [2.24, 2.45) is 5.92 Å². The molecule has 0 aromatic heterocycles. The van der Waals surface area contributed by atoms with Gasteiger partial charge in [-0.2, -0.15) is 0 Å². The van der Waals surface area contributed by atoms with E-state index in [1.807, 2.05) is 0 Å². The summed E-state index contributed by atoms with van der Waals surface area (Å²) >= 11 is 0. The van der Waals surface area contributed by atoms with Crippen molar-refractivity contribution in [3.05, 3.63) is 29.3 Å². The fraction of sp³-hybridized carbons (Fsp3) is 0.625. The lowest BCUT2D eigenvalue weighted by Gasteiger charge is -2.31. The quantitative estimate of drug-likeness (QED) is 0.859. The minimum Gasteiger partial charge on any atom is -0.385 e. The number of aryl methyl sites for hydroxylation is 1. The van der Waals surface area contributed by atoms with Crippen LogP contribution in [0.5, 0.6) is 0 Å². The van der Waals surface area contributed by atoms with Crippen LogP contribution in [0.2, 0.25) is 0 Å². The van der Waals surface area contributed by atoms with Crippen LogP contribution in [0.3, 0.4) is 0 Å². The number of hydrogen-bond acceptors (Lipinski definition) is 2. The summed E-state index contributed by atoms with van der Waals surface area (Å²) in [4.78, 5) is 2.62. The maximum absolute atomic E-state index is 3.49. The normalized spacial score (nSPS) is 24.4. The topological polar surface area (TPSA) is 15.3 Å². The lowest BCUT2D eigenvalue weighted by Crippen LogP contribution is -2.33. The molecular weight excluding hydrogens is 220 g/mol. The standard InChI is InChI=1S/C16H24N2/c1-13-4-3-9-18(11-13)12-14-6-7-16-15(10-14)5-2-8-17-16/h6-7,10,13,17H,2-5,8-9,11-12H2,1H3. The summed E-state index contributed by atoms with van der Waals surface area (Å²) in [6, 6.07) is 6.99. The van der Waals surface area contributed by atoms with Gasteiger partial charge in [0.1, 0.15) is 0 Å². The molecule has 3 rings (SSSR count). The highest BCUT2D eigenvalue weighted by molar-refractivity contribution is 5.54. The van der Waals surface area contributed by atoms with Crippen molar-refractivity contribution < 1.29 is 0 Å². The number of rotatable bonds is 2. The minimum absolute atomic E-state index is 0.873. The predicted octanol–water partition coefficient (Wildman–Crippen LogP) is 3.28. The molecular formula is C16H24N2. The summed E-state index contributed by atoms with van der Waals surface area (Å²) in [7, 11) is 0. The number of hydrogen-bond donors (Lipinski definition) is 1. The molecule has 0 radical (unpaired) electrons. The molecule has 1 atom stereocenters. The van der Waals surface area contributed by atoms with Crippen LogP contribution in [0.4, 0.5) is 5.69 Å². The van der Waals surface area contributed by atoms with Gasteiger partial charge in [0.2, 0.25) is 0 Å². The monoisotopic (exact) mass is 244 g/mol. The first-order chi connectivity index (χ1) is 8.81.